The van der Waals surface area contributed by atoms with Crippen LogP contribution in [0.4, 0.5) is 0 Å². The second kappa shape index (κ2) is 10.9. The summed E-state index contributed by atoms with van der Waals surface area (Å²) in [5.74, 6) is 0.505. The van der Waals surface area contributed by atoms with Gasteiger partial charge in [0.2, 0.25) is 5.91 Å². The van der Waals surface area contributed by atoms with Crippen molar-refractivity contribution in [1.82, 2.24) is 25.0 Å². The van der Waals surface area contributed by atoms with Crippen molar-refractivity contribution in [3.8, 4) is 0 Å². The highest BCUT2D eigenvalue weighted by Gasteiger charge is 2.31. The molecule has 1 amide bonds. The van der Waals surface area contributed by atoms with E-state index in [0.717, 1.165) is 64.2 Å². The van der Waals surface area contributed by atoms with Crippen molar-refractivity contribution in [3.63, 3.8) is 0 Å². The maximum Gasteiger partial charge on any atom is 0.223 e. The molecule has 1 atom stereocenters. The third-order valence-corrected chi connectivity index (χ3v) is 7.75. The van der Waals surface area contributed by atoms with Gasteiger partial charge in [-0.25, -0.2) is 0 Å². The quantitative estimate of drug-likeness (QED) is 0.725. The molecule has 0 bridgehead atoms. The number of nitrogens with one attached hydrogen (secondary N) is 1. The van der Waals surface area contributed by atoms with E-state index in [2.05, 4.69) is 57.2 Å². The van der Waals surface area contributed by atoms with E-state index < -0.39 is 0 Å². The zero-order valence-electron chi connectivity index (χ0n) is 19.6. The first-order chi connectivity index (χ1) is 15.1. The van der Waals surface area contributed by atoms with Crippen LogP contribution in [0.25, 0.3) is 0 Å². The molecule has 1 aromatic rings. The van der Waals surface area contributed by atoms with Crippen LogP contribution in [0.3, 0.4) is 0 Å². The smallest absolute Gasteiger partial charge is 0.223 e. The lowest BCUT2D eigenvalue weighted by molar-refractivity contribution is -0.126. The van der Waals surface area contributed by atoms with Crippen molar-refractivity contribution in [3.05, 3.63) is 29.6 Å². The highest BCUT2D eigenvalue weighted by molar-refractivity contribution is 5.78. The third-order valence-electron chi connectivity index (χ3n) is 7.75. The number of nitrogens with zero attached hydrogens (tertiary/aromatic N) is 4. The highest BCUT2D eigenvalue weighted by Crippen LogP contribution is 2.25. The minimum Gasteiger partial charge on any atom is -0.356 e. The fourth-order valence-electron chi connectivity index (χ4n) is 5.74. The van der Waals surface area contributed by atoms with Crippen LogP contribution in [0.2, 0.25) is 0 Å². The SMILES string of the molecule is Cc1cccc(CN2CCC(N3CCC(C(=O)NCC[C@H]4CCCN4C)CC3)CC2)n1. The number of rotatable bonds is 7. The second-order valence-corrected chi connectivity index (χ2v) is 9.94. The molecule has 6 nitrogen and oxygen atoms in total. The number of piperidine rings is 2. The lowest BCUT2D eigenvalue weighted by Gasteiger charge is -2.41. The Balaban J connectivity index is 1.13. The standard InChI is InChI=1S/C25H41N5O/c1-20-5-3-6-22(27-20)19-29-15-11-24(12-16-29)30-17-9-21(10-18-30)25(31)26-13-8-23-7-4-14-28(23)2/h3,5-6,21,23-24H,4,7-19H2,1-2H3,(H,26,31)/t23-/m1/s1. The molecule has 0 saturated carbocycles. The van der Waals surface area contributed by atoms with Gasteiger partial charge in [-0.15, -0.1) is 0 Å². The first-order valence-corrected chi connectivity index (χ1v) is 12.5. The fourth-order valence-corrected chi connectivity index (χ4v) is 5.74. The fraction of sp³-hybridized carbons (Fsp3) is 0.760. The van der Waals surface area contributed by atoms with E-state index in [1.807, 2.05) is 0 Å². The van der Waals surface area contributed by atoms with Gasteiger partial charge in [0.25, 0.3) is 0 Å². The molecule has 0 radical (unpaired) electrons. The molecule has 1 aromatic heterocycles. The molecule has 3 saturated heterocycles. The Kier molecular flexibility index (Phi) is 7.96. The Labute approximate surface area is 188 Å². The van der Waals surface area contributed by atoms with Gasteiger partial charge in [-0.1, -0.05) is 6.07 Å². The molecular weight excluding hydrogens is 386 g/mol. The predicted octanol–water partition coefficient (Wildman–Crippen LogP) is 2.67. The molecule has 3 aliphatic heterocycles. The minimum absolute atomic E-state index is 0.213. The molecule has 0 unspecified atom stereocenters. The topological polar surface area (TPSA) is 51.7 Å². The molecule has 4 rings (SSSR count). The van der Waals surface area contributed by atoms with E-state index in [1.54, 1.807) is 0 Å². The monoisotopic (exact) mass is 427 g/mol. The Morgan fingerprint density at radius 2 is 1.84 bits per heavy atom. The summed E-state index contributed by atoms with van der Waals surface area (Å²) in [7, 11) is 2.21. The number of hydrogen-bond acceptors (Lipinski definition) is 5. The van der Waals surface area contributed by atoms with Crippen LogP contribution >= 0.6 is 0 Å². The van der Waals surface area contributed by atoms with Crippen LogP contribution in [-0.4, -0.2) is 84.0 Å². The van der Waals surface area contributed by atoms with Gasteiger partial charge in [-0.05, 0) is 90.7 Å². The van der Waals surface area contributed by atoms with Crippen molar-refractivity contribution in [2.45, 2.75) is 70.5 Å². The molecule has 4 heterocycles. The van der Waals surface area contributed by atoms with Crippen molar-refractivity contribution in [1.29, 1.82) is 0 Å². The van der Waals surface area contributed by atoms with Crippen LogP contribution < -0.4 is 5.32 Å². The summed E-state index contributed by atoms with van der Waals surface area (Å²) in [6.07, 6.45) is 8.18. The van der Waals surface area contributed by atoms with E-state index in [9.17, 15) is 4.79 Å². The van der Waals surface area contributed by atoms with Crippen LogP contribution in [0, 0.1) is 12.8 Å². The average molecular weight is 428 g/mol. The zero-order valence-corrected chi connectivity index (χ0v) is 19.6. The molecule has 0 spiro atoms. The zero-order chi connectivity index (χ0) is 21.6. The Morgan fingerprint density at radius 1 is 1.06 bits per heavy atom. The minimum atomic E-state index is 0.213. The van der Waals surface area contributed by atoms with Gasteiger partial charge in [-0.2, -0.15) is 0 Å². The summed E-state index contributed by atoms with van der Waals surface area (Å²) in [5.41, 5.74) is 2.29. The van der Waals surface area contributed by atoms with Crippen LogP contribution in [0.1, 0.15) is 56.3 Å². The number of carbonyl (C=O) groups excluding carboxylic acids is 1. The Hall–Kier alpha value is -1.50. The molecule has 31 heavy (non-hydrogen) atoms. The molecule has 6 heteroatoms. The molecule has 1 N–H and O–H groups in total. The lowest BCUT2D eigenvalue weighted by atomic mass is 9.92. The van der Waals surface area contributed by atoms with Gasteiger partial charge in [-0.3, -0.25) is 14.7 Å². The number of likely N-dealkylation sites (tertiary alicyclic amines) is 3. The van der Waals surface area contributed by atoms with Gasteiger partial charge in [0.05, 0.1) is 5.69 Å². The first-order valence-electron chi connectivity index (χ1n) is 12.5. The summed E-state index contributed by atoms with van der Waals surface area (Å²) in [6.45, 7) is 9.52. The van der Waals surface area contributed by atoms with Gasteiger partial charge in [0.1, 0.15) is 0 Å². The summed E-state index contributed by atoms with van der Waals surface area (Å²) in [6, 6.07) is 7.66. The van der Waals surface area contributed by atoms with Crippen LogP contribution in [0.5, 0.6) is 0 Å². The van der Waals surface area contributed by atoms with E-state index >= 15 is 0 Å². The van der Waals surface area contributed by atoms with Crippen LogP contribution in [-0.2, 0) is 11.3 Å². The highest BCUT2D eigenvalue weighted by atomic mass is 16.1. The Morgan fingerprint density at radius 3 is 2.52 bits per heavy atom. The number of aromatic nitrogens is 1. The molecule has 3 aliphatic rings. The summed E-state index contributed by atoms with van der Waals surface area (Å²) in [4.78, 5) is 24.9. The number of aryl methyl sites for hydroxylation is 1. The van der Waals surface area contributed by atoms with Gasteiger partial charge < -0.3 is 15.1 Å². The molecule has 172 valence electrons. The maximum absolute atomic E-state index is 12.6. The van der Waals surface area contributed by atoms with Gasteiger partial charge in [0.15, 0.2) is 0 Å². The number of carbonyl (C=O) groups is 1. The summed E-state index contributed by atoms with van der Waals surface area (Å²) < 4.78 is 0. The van der Waals surface area contributed by atoms with E-state index in [1.165, 1.54) is 37.9 Å². The van der Waals surface area contributed by atoms with Gasteiger partial charge >= 0.3 is 0 Å². The van der Waals surface area contributed by atoms with Gasteiger partial charge in [0, 0.05) is 49.9 Å². The summed E-state index contributed by atoms with van der Waals surface area (Å²) in [5, 5.41) is 3.23. The summed E-state index contributed by atoms with van der Waals surface area (Å²) >= 11 is 0. The van der Waals surface area contributed by atoms with Crippen molar-refractivity contribution in [2.75, 3.05) is 46.3 Å². The molecule has 3 fully saturated rings. The maximum atomic E-state index is 12.6. The predicted molar refractivity (Wildman–Crippen MR) is 125 cm³/mol. The van der Waals surface area contributed by atoms with Crippen molar-refractivity contribution in [2.24, 2.45) is 5.92 Å². The number of amides is 1. The molecular formula is C25H41N5O. The van der Waals surface area contributed by atoms with Crippen molar-refractivity contribution >= 4 is 5.91 Å². The lowest BCUT2D eigenvalue weighted by Crippen LogP contribution is -2.49. The number of pyridine rings is 1. The first kappa shape index (κ1) is 22.7. The molecule has 0 aromatic carbocycles. The average Bonchev–Trinajstić information content (AvgIpc) is 3.19. The van der Waals surface area contributed by atoms with E-state index in [0.29, 0.717) is 18.0 Å². The Bertz CT molecular complexity index is 710. The van der Waals surface area contributed by atoms with E-state index in [-0.39, 0.29) is 5.92 Å². The number of hydrogen-bond donors (Lipinski definition) is 1. The molecule has 0 aliphatic carbocycles. The third kappa shape index (κ3) is 6.27. The second-order valence-electron chi connectivity index (χ2n) is 9.94. The largest absolute Gasteiger partial charge is 0.356 e. The normalized spacial score (nSPS) is 25.2. The van der Waals surface area contributed by atoms with Crippen LogP contribution in [0.15, 0.2) is 18.2 Å². The van der Waals surface area contributed by atoms with E-state index in [4.69, 9.17) is 0 Å². The van der Waals surface area contributed by atoms with Crippen molar-refractivity contribution < 1.29 is 4.79 Å².